The zero-order valence-electron chi connectivity index (χ0n) is 20.4. The van der Waals surface area contributed by atoms with Gasteiger partial charge in [-0.1, -0.05) is 31.2 Å². The molecule has 0 aromatic heterocycles. The lowest BCUT2D eigenvalue weighted by molar-refractivity contribution is 0.0827. The van der Waals surface area contributed by atoms with E-state index in [1.165, 1.54) is 5.56 Å². The number of hydrogen-bond acceptors (Lipinski definition) is 3. The van der Waals surface area contributed by atoms with Gasteiger partial charge in [-0.05, 0) is 62.9 Å². The number of rotatable bonds is 10. The molecular weight excluding hydrogens is 400 g/mol. The molecule has 0 spiro atoms. The van der Waals surface area contributed by atoms with E-state index in [1.54, 1.807) is 19.0 Å². The number of nitrogens with one attached hydrogen (secondary N) is 2. The van der Waals surface area contributed by atoms with Gasteiger partial charge >= 0.3 is 0 Å². The Morgan fingerprint density at radius 1 is 1.12 bits per heavy atom. The van der Waals surface area contributed by atoms with Crippen molar-refractivity contribution in [3.63, 3.8) is 0 Å². The van der Waals surface area contributed by atoms with Crippen molar-refractivity contribution in [1.82, 2.24) is 15.5 Å². The van der Waals surface area contributed by atoms with Gasteiger partial charge < -0.3 is 20.3 Å². The number of carbonyl (C=O) groups excluding carboxylic acids is 1. The van der Waals surface area contributed by atoms with Gasteiger partial charge in [0.05, 0.1) is 12.6 Å². The molecule has 0 saturated carbocycles. The number of benzene rings is 2. The van der Waals surface area contributed by atoms with Crippen LogP contribution in [-0.4, -0.2) is 50.1 Å². The van der Waals surface area contributed by atoms with Crippen LogP contribution in [0.25, 0.3) is 0 Å². The molecule has 0 radical (unpaired) electrons. The van der Waals surface area contributed by atoms with E-state index >= 15 is 0 Å². The highest BCUT2D eigenvalue weighted by Gasteiger charge is 2.10. The van der Waals surface area contributed by atoms with E-state index in [9.17, 15) is 4.79 Å². The Bertz CT molecular complexity index is 908. The van der Waals surface area contributed by atoms with Gasteiger partial charge in [-0.15, -0.1) is 0 Å². The van der Waals surface area contributed by atoms with Crippen LogP contribution in [0.3, 0.4) is 0 Å². The molecule has 1 amide bonds. The zero-order valence-corrected chi connectivity index (χ0v) is 20.4. The van der Waals surface area contributed by atoms with E-state index in [2.05, 4.69) is 56.5 Å². The number of carbonyl (C=O) groups is 1. The Labute approximate surface area is 193 Å². The molecule has 2 aromatic rings. The molecule has 2 rings (SSSR count). The number of aliphatic imine (C=N–C) groups is 1. The monoisotopic (exact) mass is 438 g/mol. The quantitative estimate of drug-likeness (QED) is 0.432. The molecule has 1 atom stereocenters. The first-order chi connectivity index (χ1) is 15.3. The minimum atomic E-state index is 0.0169. The number of ether oxygens (including phenoxy) is 1. The van der Waals surface area contributed by atoms with E-state index in [1.807, 2.05) is 24.3 Å². The van der Waals surface area contributed by atoms with Gasteiger partial charge in [-0.3, -0.25) is 4.79 Å². The van der Waals surface area contributed by atoms with Crippen molar-refractivity contribution in [2.24, 2.45) is 4.99 Å². The van der Waals surface area contributed by atoms with Gasteiger partial charge in [-0.2, -0.15) is 0 Å². The second-order valence-corrected chi connectivity index (χ2v) is 8.22. The van der Waals surface area contributed by atoms with Crippen LogP contribution in [0.2, 0.25) is 0 Å². The average Bonchev–Trinajstić information content (AvgIpc) is 2.77. The number of nitrogens with zero attached hydrogens (tertiary/aromatic N) is 2. The highest BCUT2D eigenvalue weighted by atomic mass is 16.5. The standard InChI is InChI=1S/C26H38N4O2/c1-7-20(4)32-24-16-19(3)12-13-23(24)18-29-26(27-8-2)28-15-14-21-10-9-11-22(17-21)25(31)30(5)6/h9-13,16-17,20H,7-8,14-15,18H2,1-6H3,(H2,27,28,29). The van der Waals surface area contributed by atoms with Crippen molar-refractivity contribution in [1.29, 1.82) is 0 Å². The molecule has 0 saturated heterocycles. The average molecular weight is 439 g/mol. The Balaban J connectivity index is 2.03. The van der Waals surface area contributed by atoms with Gasteiger partial charge in [0.1, 0.15) is 5.75 Å². The molecule has 6 nitrogen and oxygen atoms in total. The second-order valence-electron chi connectivity index (χ2n) is 8.22. The lowest BCUT2D eigenvalue weighted by Gasteiger charge is -2.17. The van der Waals surface area contributed by atoms with Gasteiger partial charge in [0.15, 0.2) is 5.96 Å². The minimum absolute atomic E-state index is 0.0169. The van der Waals surface area contributed by atoms with Crippen molar-refractivity contribution in [2.75, 3.05) is 27.2 Å². The highest BCUT2D eigenvalue weighted by Crippen LogP contribution is 2.23. The van der Waals surface area contributed by atoms with Crippen LogP contribution in [0.1, 0.15) is 54.2 Å². The predicted molar refractivity (Wildman–Crippen MR) is 133 cm³/mol. The number of amides is 1. The Kier molecular flexibility index (Phi) is 10.1. The maximum absolute atomic E-state index is 12.2. The van der Waals surface area contributed by atoms with Crippen LogP contribution in [0.4, 0.5) is 0 Å². The molecule has 0 aliphatic carbocycles. The summed E-state index contributed by atoms with van der Waals surface area (Å²) in [6.07, 6.45) is 1.93. The summed E-state index contributed by atoms with van der Waals surface area (Å²) in [5, 5.41) is 6.70. The summed E-state index contributed by atoms with van der Waals surface area (Å²) in [4.78, 5) is 18.5. The van der Waals surface area contributed by atoms with Gasteiger partial charge in [0.2, 0.25) is 0 Å². The van der Waals surface area contributed by atoms with Crippen molar-refractivity contribution in [3.8, 4) is 5.75 Å². The summed E-state index contributed by atoms with van der Waals surface area (Å²) in [7, 11) is 3.53. The summed E-state index contributed by atoms with van der Waals surface area (Å²) in [5.41, 5.74) is 4.07. The van der Waals surface area contributed by atoms with E-state index in [0.717, 1.165) is 48.8 Å². The molecule has 0 heterocycles. The third-order valence-electron chi connectivity index (χ3n) is 5.16. The summed E-state index contributed by atoms with van der Waals surface area (Å²) in [6, 6.07) is 14.1. The largest absolute Gasteiger partial charge is 0.490 e. The first-order valence-electron chi connectivity index (χ1n) is 11.4. The predicted octanol–water partition coefficient (Wildman–Crippen LogP) is 4.17. The van der Waals surface area contributed by atoms with E-state index in [4.69, 9.17) is 9.73 Å². The fourth-order valence-corrected chi connectivity index (χ4v) is 3.15. The van der Waals surface area contributed by atoms with Crippen LogP contribution in [0.15, 0.2) is 47.5 Å². The molecule has 0 bridgehead atoms. The summed E-state index contributed by atoms with van der Waals surface area (Å²) in [6.45, 7) is 10.4. The molecule has 6 heteroatoms. The lowest BCUT2D eigenvalue weighted by Crippen LogP contribution is -2.38. The SMILES string of the molecule is CCNC(=NCc1ccc(C)cc1OC(C)CC)NCCc1cccc(C(=O)N(C)C)c1. The van der Waals surface area contributed by atoms with Crippen molar-refractivity contribution in [3.05, 3.63) is 64.7 Å². The molecule has 2 aromatic carbocycles. The second kappa shape index (κ2) is 12.7. The molecule has 0 fully saturated rings. The first-order valence-corrected chi connectivity index (χ1v) is 11.4. The Morgan fingerprint density at radius 2 is 1.91 bits per heavy atom. The van der Waals surface area contributed by atoms with Crippen LogP contribution >= 0.6 is 0 Å². The third-order valence-corrected chi connectivity index (χ3v) is 5.16. The Morgan fingerprint density at radius 3 is 2.59 bits per heavy atom. The van der Waals surface area contributed by atoms with Crippen LogP contribution in [0.5, 0.6) is 5.75 Å². The Hall–Kier alpha value is -3.02. The van der Waals surface area contributed by atoms with Crippen molar-refractivity contribution < 1.29 is 9.53 Å². The van der Waals surface area contributed by atoms with Gasteiger partial charge in [0, 0.05) is 38.3 Å². The van der Waals surface area contributed by atoms with Crippen LogP contribution in [-0.2, 0) is 13.0 Å². The fourth-order valence-electron chi connectivity index (χ4n) is 3.15. The lowest BCUT2D eigenvalue weighted by atomic mass is 10.1. The molecule has 0 aliphatic heterocycles. The van der Waals surface area contributed by atoms with E-state index in [0.29, 0.717) is 12.1 Å². The van der Waals surface area contributed by atoms with Gasteiger partial charge in [0.25, 0.3) is 5.91 Å². The molecule has 32 heavy (non-hydrogen) atoms. The highest BCUT2D eigenvalue weighted by molar-refractivity contribution is 5.94. The summed E-state index contributed by atoms with van der Waals surface area (Å²) >= 11 is 0. The van der Waals surface area contributed by atoms with Gasteiger partial charge in [-0.25, -0.2) is 4.99 Å². The maximum atomic E-state index is 12.2. The van der Waals surface area contributed by atoms with Crippen molar-refractivity contribution in [2.45, 2.75) is 53.2 Å². The third kappa shape index (κ3) is 7.91. The van der Waals surface area contributed by atoms with Crippen LogP contribution < -0.4 is 15.4 Å². The molecule has 1 unspecified atom stereocenters. The fraction of sp³-hybridized carbons (Fsp3) is 0.462. The summed E-state index contributed by atoms with van der Waals surface area (Å²) in [5.74, 6) is 1.69. The van der Waals surface area contributed by atoms with E-state index < -0.39 is 0 Å². The minimum Gasteiger partial charge on any atom is -0.490 e. The zero-order chi connectivity index (χ0) is 23.5. The first kappa shape index (κ1) is 25.2. The number of hydrogen-bond donors (Lipinski definition) is 2. The van der Waals surface area contributed by atoms with Crippen molar-refractivity contribution >= 4 is 11.9 Å². The number of aryl methyl sites for hydroxylation is 1. The smallest absolute Gasteiger partial charge is 0.253 e. The molecule has 174 valence electrons. The molecule has 2 N–H and O–H groups in total. The van der Waals surface area contributed by atoms with E-state index in [-0.39, 0.29) is 12.0 Å². The maximum Gasteiger partial charge on any atom is 0.253 e. The molecule has 0 aliphatic rings. The number of guanidine groups is 1. The molecular formula is C26H38N4O2. The topological polar surface area (TPSA) is 66.0 Å². The summed E-state index contributed by atoms with van der Waals surface area (Å²) < 4.78 is 6.11. The normalized spacial score (nSPS) is 12.2. The van der Waals surface area contributed by atoms with Crippen LogP contribution in [0, 0.1) is 6.92 Å².